The molecule has 100 valence electrons. The molecule has 0 aliphatic heterocycles. The van der Waals surface area contributed by atoms with Crippen LogP contribution >= 0.6 is 23.1 Å². The molecule has 0 aromatic carbocycles. The molecule has 5 nitrogen and oxygen atoms in total. The van der Waals surface area contributed by atoms with E-state index in [0.717, 1.165) is 11.3 Å². The number of nitrogen functional groups attached to an aromatic ring is 1. The zero-order chi connectivity index (χ0) is 13.7. The Hall–Kier alpha value is -1.21. The molecule has 0 aliphatic carbocycles. The van der Waals surface area contributed by atoms with Crippen LogP contribution in [0.1, 0.15) is 33.9 Å². The van der Waals surface area contributed by atoms with Gasteiger partial charge in [0, 0.05) is 0 Å². The second-order valence-corrected chi connectivity index (χ2v) is 5.25. The fraction of sp³-hybridized carbons (Fsp3) is 0.455. The van der Waals surface area contributed by atoms with E-state index in [1.54, 1.807) is 13.8 Å². The predicted molar refractivity (Wildman–Crippen MR) is 72.4 cm³/mol. The number of ether oxygens (including phenoxy) is 2. The van der Waals surface area contributed by atoms with Crippen LogP contribution in [-0.2, 0) is 9.47 Å². The van der Waals surface area contributed by atoms with Crippen LogP contribution in [0, 0.1) is 0 Å². The maximum absolute atomic E-state index is 11.8. The first-order valence-electron chi connectivity index (χ1n) is 5.37. The third-order valence-electron chi connectivity index (χ3n) is 2.04. The van der Waals surface area contributed by atoms with Gasteiger partial charge in [0.1, 0.15) is 10.4 Å². The molecule has 0 aliphatic rings. The fourth-order valence-electron chi connectivity index (χ4n) is 1.31. The molecule has 0 radical (unpaired) electrons. The molecule has 2 N–H and O–H groups in total. The lowest BCUT2D eigenvalue weighted by Gasteiger charge is -2.03. The van der Waals surface area contributed by atoms with E-state index < -0.39 is 11.9 Å². The first-order chi connectivity index (χ1) is 8.56. The number of esters is 2. The van der Waals surface area contributed by atoms with E-state index in [0.29, 0.717) is 4.21 Å². The van der Waals surface area contributed by atoms with E-state index in [2.05, 4.69) is 0 Å². The van der Waals surface area contributed by atoms with Gasteiger partial charge in [-0.2, -0.15) is 0 Å². The van der Waals surface area contributed by atoms with Crippen molar-refractivity contribution in [2.45, 2.75) is 18.1 Å². The summed E-state index contributed by atoms with van der Waals surface area (Å²) in [5, 5.41) is 0. The summed E-state index contributed by atoms with van der Waals surface area (Å²) in [5.41, 5.74) is 6.24. The Bertz CT molecular complexity index is 456. The largest absolute Gasteiger partial charge is 0.462 e. The van der Waals surface area contributed by atoms with Crippen molar-refractivity contribution in [3.63, 3.8) is 0 Å². The highest BCUT2D eigenvalue weighted by atomic mass is 32.2. The van der Waals surface area contributed by atoms with E-state index >= 15 is 0 Å². The summed E-state index contributed by atoms with van der Waals surface area (Å²) in [6.07, 6.45) is 1.81. The second-order valence-electron chi connectivity index (χ2n) is 3.15. The van der Waals surface area contributed by atoms with Gasteiger partial charge in [-0.1, -0.05) is 0 Å². The maximum atomic E-state index is 11.8. The highest BCUT2D eigenvalue weighted by Gasteiger charge is 2.26. The van der Waals surface area contributed by atoms with E-state index in [4.69, 9.17) is 15.2 Å². The molecule has 1 rings (SSSR count). The zero-order valence-corrected chi connectivity index (χ0v) is 12.1. The molecule has 0 spiro atoms. The number of hydrogen-bond donors (Lipinski definition) is 1. The average Bonchev–Trinajstić information content (AvgIpc) is 2.67. The van der Waals surface area contributed by atoms with Gasteiger partial charge >= 0.3 is 11.9 Å². The van der Waals surface area contributed by atoms with Crippen LogP contribution in [0.25, 0.3) is 0 Å². The number of thiophene rings is 1. The minimum atomic E-state index is -0.508. The van der Waals surface area contributed by atoms with Crippen LogP contribution < -0.4 is 5.73 Å². The SMILES string of the molecule is CCOC(=O)c1sc(SC)c(C(=O)OCC)c1N. The number of carbonyl (C=O) groups is 2. The first kappa shape index (κ1) is 14.8. The molecule has 0 atom stereocenters. The number of carbonyl (C=O) groups excluding carboxylic acids is 2. The molecule has 1 aromatic rings. The summed E-state index contributed by atoms with van der Waals surface area (Å²) in [4.78, 5) is 23.7. The molecule has 18 heavy (non-hydrogen) atoms. The fourth-order valence-corrected chi connectivity index (χ4v) is 3.13. The number of rotatable bonds is 5. The van der Waals surface area contributed by atoms with E-state index in [-0.39, 0.29) is 29.3 Å². The predicted octanol–water partition coefficient (Wildman–Crippen LogP) is 2.41. The van der Waals surface area contributed by atoms with Gasteiger partial charge in [-0.05, 0) is 20.1 Å². The molecule has 0 bridgehead atoms. The topological polar surface area (TPSA) is 78.6 Å². The molecule has 7 heteroatoms. The van der Waals surface area contributed by atoms with Crippen molar-refractivity contribution in [1.82, 2.24) is 0 Å². The normalized spacial score (nSPS) is 10.2. The quantitative estimate of drug-likeness (QED) is 0.662. The van der Waals surface area contributed by atoms with Gasteiger partial charge < -0.3 is 15.2 Å². The Morgan fingerprint density at radius 2 is 1.78 bits per heavy atom. The van der Waals surface area contributed by atoms with Crippen LogP contribution in [0.2, 0.25) is 0 Å². The van der Waals surface area contributed by atoms with Gasteiger partial charge in [0.05, 0.1) is 23.1 Å². The number of nitrogens with two attached hydrogens (primary N) is 1. The van der Waals surface area contributed by atoms with Crippen LogP contribution in [0.3, 0.4) is 0 Å². The molecular weight excluding hydrogens is 274 g/mol. The van der Waals surface area contributed by atoms with Crippen LogP contribution in [0.15, 0.2) is 4.21 Å². The van der Waals surface area contributed by atoms with Crippen molar-refractivity contribution < 1.29 is 19.1 Å². The van der Waals surface area contributed by atoms with Crippen molar-refractivity contribution in [3.05, 3.63) is 10.4 Å². The number of thioether (sulfide) groups is 1. The van der Waals surface area contributed by atoms with Gasteiger partial charge in [-0.15, -0.1) is 23.1 Å². The van der Waals surface area contributed by atoms with Crippen molar-refractivity contribution in [2.75, 3.05) is 25.2 Å². The molecule has 0 saturated heterocycles. The molecule has 0 unspecified atom stereocenters. The highest BCUT2D eigenvalue weighted by molar-refractivity contribution is 8.00. The summed E-state index contributed by atoms with van der Waals surface area (Å²) in [7, 11) is 0. The number of hydrogen-bond acceptors (Lipinski definition) is 7. The highest BCUT2D eigenvalue weighted by Crippen LogP contribution is 2.38. The van der Waals surface area contributed by atoms with Gasteiger partial charge in [-0.3, -0.25) is 0 Å². The monoisotopic (exact) mass is 289 g/mol. The minimum Gasteiger partial charge on any atom is -0.462 e. The van der Waals surface area contributed by atoms with E-state index in [9.17, 15) is 9.59 Å². The molecule has 0 saturated carbocycles. The summed E-state index contributed by atoms with van der Waals surface area (Å²) < 4.78 is 10.5. The summed E-state index contributed by atoms with van der Waals surface area (Å²) >= 11 is 2.50. The van der Waals surface area contributed by atoms with E-state index in [1.165, 1.54) is 11.8 Å². The third kappa shape index (κ3) is 2.97. The Morgan fingerprint density at radius 3 is 2.28 bits per heavy atom. The Labute approximate surface area is 114 Å². The van der Waals surface area contributed by atoms with Gasteiger partial charge in [0.15, 0.2) is 0 Å². The molecule has 0 fully saturated rings. The molecule has 1 aromatic heterocycles. The van der Waals surface area contributed by atoms with Crippen LogP contribution in [-0.4, -0.2) is 31.4 Å². The van der Waals surface area contributed by atoms with Crippen molar-refractivity contribution >= 4 is 40.7 Å². The Balaban J connectivity index is 3.18. The second kappa shape index (κ2) is 6.65. The smallest absolute Gasteiger partial charge is 0.350 e. The van der Waals surface area contributed by atoms with Gasteiger partial charge in [-0.25, -0.2) is 9.59 Å². The first-order valence-corrected chi connectivity index (χ1v) is 7.41. The van der Waals surface area contributed by atoms with Gasteiger partial charge in [0.2, 0.25) is 0 Å². The maximum Gasteiger partial charge on any atom is 0.350 e. The third-order valence-corrected chi connectivity index (χ3v) is 4.34. The summed E-state index contributed by atoms with van der Waals surface area (Å²) in [6.45, 7) is 3.95. The standard InChI is InChI=1S/C11H15NO4S2/c1-4-15-9(13)6-7(12)8(10(14)16-5-2)18-11(6)17-3/h4-5,12H2,1-3H3. The van der Waals surface area contributed by atoms with Crippen LogP contribution in [0.5, 0.6) is 0 Å². The lowest BCUT2D eigenvalue weighted by atomic mass is 10.2. The van der Waals surface area contributed by atoms with Crippen molar-refractivity contribution in [1.29, 1.82) is 0 Å². The Morgan fingerprint density at radius 1 is 1.22 bits per heavy atom. The van der Waals surface area contributed by atoms with Gasteiger partial charge in [0.25, 0.3) is 0 Å². The molecular formula is C11H15NO4S2. The number of anilines is 1. The van der Waals surface area contributed by atoms with E-state index in [1.807, 2.05) is 6.26 Å². The molecule has 0 amide bonds. The van der Waals surface area contributed by atoms with Crippen molar-refractivity contribution in [3.8, 4) is 0 Å². The lowest BCUT2D eigenvalue weighted by molar-refractivity contribution is 0.0524. The zero-order valence-electron chi connectivity index (χ0n) is 10.4. The summed E-state index contributed by atoms with van der Waals surface area (Å²) in [6, 6.07) is 0. The summed E-state index contributed by atoms with van der Waals surface area (Å²) in [5.74, 6) is -1.02. The Kier molecular flexibility index (Phi) is 5.49. The van der Waals surface area contributed by atoms with Crippen LogP contribution in [0.4, 0.5) is 5.69 Å². The lowest BCUT2D eigenvalue weighted by Crippen LogP contribution is -2.10. The average molecular weight is 289 g/mol. The molecule has 1 heterocycles. The van der Waals surface area contributed by atoms with Crippen molar-refractivity contribution in [2.24, 2.45) is 0 Å². The minimum absolute atomic E-state index is 0.140.